The number of hydrogen-bond donors (Lipinski definition) is 0. The molecule has 0 radical (unpaired) electrons. The van der Waals surface area contributed by atoms with Gasteiger partial charge < -0.3 is 4.55 Å². The van der Waals surface area contributed by atoms with Gasteiger partial charge >= 0.3 is 0 Å². The summed E-state index contributed by atoms with van der Waals surface area (Å²) in [5, 5.41) is 5.20. The Labute approximate surface area is 77.3 Å². The Kier molecular flexibility index (Phi) is 3.21. The smallest absolute Gasteiger partial charge is 0.116 e. The molecular formula is C6H9N2O4S-. The summed E-state index contributed by atoms with van der Waals surface area (Å²) in [6.45, 7) is -0.234. The van der Waals surface area contributed by atoms with Crippen LogP contribution in [0.2, 0.25) is 0 Å². The van der Waals surface area contributed by atoms with Crippen LogP contribution in [-0.2, 0) is 11.1 Å². The van der Waals surface area contributed by atoms with Crippen LogP contribution in [0.1, 0.15) is 19.3 Å². The van der Waals surface area contributed by atoms with Crippen molar-refractivity contribution in [3.05, 3.63) is 9.81 Å². The van der Waals surface area contributed by atoms with Crippen molar-refractivity contribution in [2.75, 3.05) is 6.54 Å². The zero-order valence-corrected chi connectivity index (χ0v) is 7.66. The molecule has 7 heteroatoms. The molecule has 6 nitrogen and oxygen atoms in total. The molecule has 0 amide bonds. The van der Waals surface area contributed by atoms with Crippen LogP contribution in [0.4, 0.5) is 0 Å². The van der Waals surface area contributed by atoms with E-state index in [9.17, 15) is 18.6 Å². The molecule has 1 rings (SSSR count). The monoisotopic (exact) mass is 205 g/mol. The van der Waals surface area contributed by atoms with E-state index in [0.717, 1.165) is 0 Å². The fourth-order valence-corrected chi connectivity index (χ4v) is 1.99. The van der Waals surface area contributed by atoms with Crippen LogP contribution in [-0.4, -0.2) is 26.1 Å². The Hall–Kier alpha value is -0.690. The van der Waals surface area contributed by atoms with Gasteiger partial charge in [-0.25, -0.2) is 0 Å². The first-order valence-electron chi connectivity index (χ1n) is 3.85. The molecule has 0 aromatic heterocycles. The molecule has 0 aliphatic heterocycles. The van der Waals surface area contributed by atoms with Crippen molar-refractivity contribution in [3.8, 4) is 0 Å². The van der Waals surface area contributed by atoms with Gasteiger partial charge in [-0.3, -0.25) is 4.21 Å². The lowest BCUT2D eigenvalue weighted by Gasteiger charge is -2.19. The molecule has 1 saturated carbocycles. The highest BCUT2D eigenvalue weighted by Gasteiger charge is 2.46. The Morgan fingerprint density at radius 3 is 2.38 bits per heavy atom. The zero-order valence-electron chi connectivity index (χ0n) is 6.84. The maximum Gasteiger partial charge on any atom is 0.116 e. The van der Waals surface area contributed by atoms with Gasteiger partial charge in [0.2, 0.25) is 0 Å². The molecule has 1 aliphatic rings. The minimum absolute atomic E-state index is 0.123. The van der Waals surface area contributed by atoms with E-state index in [-0.39, 0.29) is 13.0 Å². The Morgan fingerprint density at radius 2 is 2.08 bits per heavy atom. The molecule has 74 valence electrons. The quantitative estimate of drug-likeness (QED) is 0.470. The molecule has 0 N–H and O–H groups in total. The third-order valence-corrected chi connectivity index (χ3v) is 3.49. The third kappa shape index (κ3) is 2.38. The summed E-state index contributed by atoms with van der Waals surface area (Å²) >= 11 is -2.18. The van der Waals surface area contributed by atoms with Crippen LogP contribution in [0.25, 0.3) is 0 Å². The van der Waals surface area contributed by atoms with Gasteiger partial charge in [-0.2, -0.15) is 9.81 Å². The summed E-state index contributed by atoms with van der Waals surface area (Å²) in [5.74, 6) is 0. The lowest BCUT2D eigenvalue weighted by atomic mass is 10.1. The van der Waals surface area contributed by atoms with E-state index in [0.29, 0.717) is 12.8 Å². The summed E-state index contributed by atoms with van der Waals surface area (Å²) in [6.07, 6.45) is 1.22. The average Bonchev–Trinajstić information content (AvgIpc) is 2.85. The lowest BCUT2D eigenvalue weighted by Crippen LogP contribution is -2.24. The van der Waals surface area contributed by atoms with Crippen LogP contribution in [0.15, 0.2) is 10.4 Å². The second kappa shape index (κ2) is 4.01. The minimum atomic E-state index is -2.18. The normalized spacial score (nSPS) is 23.2. The molecule has 1 aliphatic carbocycles. The van der Waals surface area contributed by atoms with Crippen molar-refractivity contribution in [1.82, 2.24) is 0 Å². The van der Waals surface area contributed by atoms with Crippen molar-refractivity contribution in [3.63, 3.8) is 0 Å². The van der Waals surface area contributed by atoms with Gasteiger partial charge in [-0.15, -0.1) is 0 Å². The second-order valence-corrected chi connectivity index (χ2v) is 4.53. The molecule has 0 bridgehead atoms. The topological polar surface area (TPSA) is 99.0 Å². The second-order valence-electron chi connectivity index (χ2n) is 3.19. The summed E-state index contributed by atoms with van der Waals surface area (Å²) in [4.78, 5) is 20.0. The molecule has 0 aromatic rings. The fraction of sp³-hybridized carbons (Fsp3) is 1.00. The molecule has 13 heavy (non-hydrogen) atoms. The van der Waals surface area contributed by atoms with Crippen LogP contribution in [0.5, 0.6) is 0 Å². The first-order valence-corrected chi connectivity index (χ1v) is 4.93. The minimum Gasteiger partial charge on any atom is -0.772 e. The van der Waals surface area contributed by atoms with E-state index >= 15 is 0 Å². The van der Waals surface area contributed by atoms with Crippen molar-refractivity contribution in [2.45, 2.75) is 30.1 Å². The lowest BCUT2D eigenvalue weighted by molar-refractivity contribution is 0.496. The molecular weight excluding hydrogens is 196 g/mol. The fourth-order valence-electron chi connectivity index (χ4n) is 1.23. The molecule has 0 heterocycles. The summed E-state index contributed by atoms with van der Waals surface area (Å²) in [6, 6.07) is -0.794. The van der Waals surface area contributed by atoms with E-state index < -0.39 is 21.9 Å². The van der Waals surface area contributed by atoms with Crippen molar-refractivity contribution in [1.29, 1.82) is 0 Å². The van der Waals surface area contributed by atoms with Gasteiger partial charge in [0.05, 0.1) is 0 Å². The number of hydrogen-bond acceptors (Lipinski definition) is 6. The van der Waals surface area contributed by atoms with Gasteiger partial charge in [0.25, 0.3) is 0 Å². The van der Waals surface area contributed by atoms with E-state index in [4.69, 9.17) is 0 Å². The largest absolute Gasteiger partial charge is 0.772 e. The standard InChI is InChI=1S/C6H10N2O4S/c9-7-4-5(8-10)3-6(1-2-6)13(11)12/h5H,1-4H2,(H,11,12)/p-1/t5-/m1/s1. The predicted molar refractivity (Wildman–Crippen MR) is 45.7 cm³/mol. The van der Waals surface area contributed by atoms with Crippen LogP contribution < -0.4 is 0 Å². The third-order valence-electron chi connectivity index (χ3n) is 2.20. The molecule has 2 atom stereocenters. The summed E-state index contributed by atoms with van der Waals surface area (Å²) in [5.41, 5.74) is 0. The summed E-state index contributed by atoms with van der Waals surface area (Å²) in [7, 11) is 0. The molecule has 1 fully saturated rings. The summed E-state index contributed by atoms with van der Waals surface area (Å²) < 4.78 is 20.6. The van der Waals surface area contributed by atoms with Gasteiger partial charge in [0.15, 0.2) is 0 Å². The number of nitroso groups, excluding NO2 is 2. The van der Waals surface area contributed by atoms with Crippen LogP contribution in [0.3, 0.4) is 0 Å². The molecule has 0 spiro atoms. The van der Waals surface area contributed by atoms with E-state index in [1.807, 2.05) is 0 Å². The van der Waals surface area contributed by atoms with Gasteiger partial charge in [0.1, 0.15) is 12.6 Å². The van der Waals surface area contributed by atoms with Gasteiger partial charge in [-0.1, -0.05) is 10.4 Å². The highest BCUT2D eigenvalue weighted by molar-refractivity contribution is 7.81. The maximum absolute atomic E-state index is 10.7. The predicted octanol–water partition coefficient (Wildman–Crippen LogP) is 0.690. The van der Waals surface area contributed by atoms with E-state index in [2.05, 4.69) is 10.4 Å². The van der Waals surface area contributed by atoms with E-state index in [1.54, 1.807) is 0 Å². The highest BCUT2D eigenvalue weighted by atomic mass is 32.2. The Balaban J connectivity index is 2.50. The van der Waals surface area contributed by atoms with Gasteiger partial charge in [0, 0.05) is 4.75 Å². The first-order chi connectivity index (χ1) is 6.14. The highest BCUT2D eigenvalue weighted by Crippen LogP contribution is 2.45. The van der Waals surface area contributed by atoms with Crippen molar-refractivity contribution < 1.29 is 8.76 Å². The van der Waals surface area contributed by atoms with E-state index in [1.165, 1.54) is 0 Å². The van der Waals surface area contributed by atoms with Crippen LogP contribution in [0, 0.1) is 9.81 Å². The number of nitrogens with zero attached hydrogens (tertiary/aromatic N) is 2. The Bertz CT molecular complexity index is 241. The van der Waals surface area contributed by atoms with Crippen LogP contribution >= 0.6 is 0 Å². The molecule has 1 unspecified atom stereocenters. The first kappa shape index (κ1) is 10.4. The average molecular weight is 205 g/mol. The maximum atomic E-state index is 10.7. The zero-order chi connectivity index (χ0) is 9.90. The number of rotatable bonds is 6. The molecule has 0 aromatic carbocycles. The van der Waals surface area contributed by atoms with Crippen molar-refractivity contribution in [2.24, 2.45) is 10.4 Å². The SMILES string of the molecule is O=NC[C@@H](CC1(S(=O)[O-])CC1)N=O. The molecule has 0 saturated heterocycles. The Morgan fingerprint density at radius 1 is 1.46 bits per heavy atom. The van der Waals surface area contributed by atoms with Crippen molar-refractivity contribution >= 4 is 11.1 Å². The van der Waals surface area contributed by atoms with Gasteiger partial charge in [-0.05, 0) is 30.3 Å².